The van der Waals surface area contributed by atoms with Crippen LogP contribution >= 0.6 is 0 Å². The lowest BCUT2D eigenvalue weighted by atomic mass is 10.1. The Morgan fingerprint density at radius 3 is 2.39 bits per heavy atom. The molecular weight excluding hydrogens is 360 g/mol. The van der Waals surface area contributed by atoms with Crippen molar-refractivity contribution in [2.75, 3.05) is 32.1 Å². The summed E-state index contributed by atoms with van der Waals surface area (Å²) in [4.78, 5) is 38.1. The van der Waals surface area contributed by atoms with E-state index in [1.165, 1.54) is 7.11 Å². The van der Waals surface area contributed by atoms with E-state index in [9.17, 15) is 14.4 Å². The van der Waals surface area contributed by atoms with Crippen LogP contribution < -0.4 is 10.1 Å². The molecule has 0 saturated carbocycles. The maximum absolute atomic E-state index is 12.4. The molecule has 2 aromatic rings. The molecule has 0 aromatic heterocycles. The van der Waals surface area contributed by atoms with Crippen LogP contribution in [0.3, 0.4) is 0 Å². The number of hydrogen-bond donors (Lipinski definition) is 1. The summed E-state index contributed by atoms with van der Waals surface area (Å²) in [5.74, 6) is -0.787. The van der Waals surface area contributed by atoms with Gasteiger partial charge in [-0.15, -0.1) is 0 Å². The lowest BCUT2D eigenvalue weighted by molar-refractivity contribution is -0.118. The molecule has 1 N–H and O–H groups in total. The van der Waals surface area contributed by atoms with E-state index in [1.807, 2.05) is 13.8 Å². The first-order valence-electron chi connectivity index (χ1n) is 8.99. The molecule has 2 rings (SSSR count). The molecule has 0 aliphatic rings. The summed E-state index contributed by atoms with van der Waals surface area (Å²) >= 11 is 0. The molecule has 0 atom stereocenters. The molecular formula is C21H24N2O5. The third kappa shape index (κ3) is 5.33. The summed E-state index contributed by atoms with van der Waals surface area (Å²) in [5, 5.41) is 2.69. The van der Waals surface area contributed by atoms with Gasteiger partial charge in [-0.25, -0.2) is 4.79 Å². The molecule has 2 aromatic carbocycles. The maximum atomic E-state index is 12.4. The van der Waals surface area contributed by atoms with Crippen LogP contribution in [0.5, 0.6) is 5.75 Å². The molecule has 0 aliphatic heterocycles. The number of methoxy groups -OCH3 is 1. The van der Waals surface area contributed by atoms with Crippen LogP contribution in [0.1, 0.15) is 34.6 Å². The van der Waals surface area contributed by atoms with Gasteiger partial charge in [-0.3, -0.25) is 9.59 Å². The standard InChI is InChI=1S/C21H24N2O5/c1-4-23(5-2)20(25)15-9-8-10-16(13-15)22-19(24)14-28-18-12-7-6-11-17(18)21(26)27-3/h6-13H,4-5,14H2,1-3H3,(H,22,24). The molecule has 7 nitrogen and oxygen atoms in total. The van der Waals surface area contributed by atoms with E-state index < -0.39 is 11.9 Å². The number of nitrogens with one attached hydrogen (secondary N) is 1. The second-order valence-corrected chi connectivity index (χ2v) is 5.88. The highest BCUT2D eigenvalue weighted by Crippen LogP contribution is 2.19. The highest BCUT2D eigenvalue weighted by molar-refractivity contribution is 5.97. The number of para-hydroxylation sites is 1. The molecule has 0 heterocycles. The van der Waals surface area contributed by atoms with Gasteiger partial charge in [0.1, 0.15) is 11.3 Å². The van der Waals surface area contributed by atoms with Gasteiger partial charge < -0.3 is 19.7 Å². The minimum absolute atomic E-state index is 0.0932. The second-order valence-electron chi connectivity index (χ2n) is 5.88. The first-order valence-corrected chi connectivity index (χ1v) is 8.99. The van der Waals surface area contributed by atoms with Crippen LogP contribution in [0.15, 0.2) is 48.5 Å². The molecule has 148 valence electrons. The van der Waals surface area contributed by atoms with Crippen molar-refractivity contribution in [1.29, 1.82) is 0 Å². The SMILES string of the molecule is CCN(CC)C(=O)c1cccc(NC(=O)COc2ccccc2C(=O)OC)c1. The Hall–Kier alpha value is -3.35. The lowest BCUT2D eigenvalue weighted by Gasteiger charge is -2.19. The first-order chi connectivity index (χ1) is 13.5. The monoisotopic (exact) mass is 384 g/mol. The summed E-state index contributed by atoms with van der Waals surface area (Å²) in [6.07, 6.45) is 0. The highest BCUT2D eigenvalue weighted by atomic mass is 16.5. The van der Waals surface area contributed by atoms with Gasteiger partial charge >= 0.3 is 5.97 Å². The zero-order valence-electron chi connectivity index (χ0n) is 16.2. The summed E-state index contributed by atoms with van der Waals surface area (Å²) in [5.41, 5.74) is 1.23. The van der Waals surface area contributed by atoms with Crippen LogP contribution in [0.2, 0.25) is 0 Å². The van der Waals surface area contributed by atoms with Crippen molar-refractivity contribution in [3.63, 3.8) is 0 Å². The van der Waals surface area contributed by atoms with Crippen molar-refractivity contribution in [2.24, 2.45) is 0 Å². The molecule has 0 aliphatic carbocycles. The molecule has 0 spiro atoms. The number of anilines is 1. The largest absolute Gasteiger partial charge is 0.483 e. The van der Waals surface area contributed by atoms with Gasteiger partial charge in [-0.1, -0.05) is 18.2 Å². The fourth-order valence-electron chi connectivity index (χ4n) is 2.63. The first kappa shape index (κ1) is 21.0. The smallest absolute Gasteiger partial charge is 0.341 e. The maximum Gasteiger partial charge on any atom is 0.341 e. The van der Waals surface area contributed by atoms with Crippen molar-refractivity contribution in [3.05, 3.63) is 59.7 Å². The second kappa shape index (κ2) is 10.1. The van der Waals surface area contributed by atoms with Gasteiger partial charge in [0.05, 0.1) is 7.11 Å². The van der Waals surface area contributed by atoms with E-state index in [1.54, 1.807) is 53.4 Å². The molecule has 0 fully saturated rings. The van der Waals surface area contributed by atoms with Crippen LogP contribution in [0.4, 0.5) is 5.69 Å². The number of benzene rings is 2. The summed E-state index contributed by atoms with van der Waals surface area (Å²) in [6.45, 7) is 4.76. The van der Waals surface area contributed by atoms with E-state index in [2.05, 4.69) is 5.32 Å². The number of nitrogens with zero attached hydrogens (tertiary/aromatic N) is 1. The van der Waals surface area contributed by atoms with Crippen molar-refractivity contribution < 1.29 is 23.9 Å². The highest BCUT2D eigenvalue weighted by Gasteiger charge is 2.15. The number of amides is 2. The molecule has 0 saturated heterocycles. The van der Waals surface area contributed by atoms with Crippen molar-refractivity contribution in [3.8, 4) is 5.75 Å². The number of ether oxygens (including phenoxy) is 2. The van der Waals surface area contributed by atoms with Crippen LogP contribution in [0, 0.1) is 0 Å². The topological polar surface area (TPSA) is 84.9 Å². The van der Waals surface area contributed by atoms with Gasteiger partial charge in [0, 0.05) is 24.3 Å². The van der Waals surface area contributed by atoms with E-state index in [0.717, 1.165) is 0 Å². The summed E-state index contributed by atoms with van der Waals surface area (Å²) in [6, 6.07) is 13.3. The molecule has 0 radical (unpaired) electrons. The van der Waals surface area contributed by atoms with Gasteiger partial charge in [-0.2, -0.15) is 0 Å². The number of hydrogen-bond acceptors (Lipinski definition) is 5. The fraction of sp³-hybridized carbons (Fsp3) is 0.286. The summed E-state index contributed by atoms with van der Waals surface area (Å²) in [7, 11) is 1.28. The molecule has 2 amide bonds. The van der Waals surface area contributed by atoms with Crippen LogP contribution in [-0.4, -0.2) is 49.5 Å². The quantitative estimate of drug-likeness (QED) is 0.708. The zero-order valence-corrected chi connectivity index (χ0v) is 16.2. The van der Waals surface area contributed by atoms with Crippen LogP contribution in [-0.2, 0) is 9.53 Å². The van der Waals surface area contributed by atoms with Gasteiger partial charge in [0.2, 0.25) is 0 Å². The van der Waals surface area contributed by atoms with E-state index in [0.29, 0.717) is 24.3 Å². The Kier molecular flexibility index (Phi) is 7.56. The van der Waals surface area contributed by atoms with Gasteiger partial charge in [0.25, 0.3) is 11.8 Å². The predicted octanol–water partition coefficient (Wildman–Crippen LogP) is 2.97. The van der Waals surface area contributed by atoms with Crippen molar-refractivity contribution in [2.45, 2.75) is 13.8 Å². The Balaban J connectivity index is 2.02. The normalized spacial score (nSPS) is 10.1. The van der Waals surface area contributed by atoms with E-state index in [4.69, 9.17) is 9.47 Å². The molecule has 28 heavy (non-hydrogen) atoms. The van der Waals surface area contributed by atoms with E-state index >= 15 is 0 Å². The molecule has 0 unspecified atom stereocenters. The lowest BCUT2D eigenvalue weighted by Crippen LogP contribution is -2.30. The third-order valence-electron chi connectivity index (χ3n) is 4.10. The average Bonchev–Trinajstić information content (AvgIpc) is 2.73. The Morgan fingerprint density at radius 2 is 1.71 bits per heavy atom. The number of esters is 1. The average molecular weight is 384 g/mol. The number of carbonyl (C=O) groups is 3. The van der Waals surface area contributed by atoms with Crippen molar-refractivity contribution >= 4 is 23.5 Å². The Bertz CT molecular complexity index is 846. The van der Waals surface area contributed by atoms with Gasteiger partial charge in [-0.05, 0) is 44.2 Å². The molecule has 0 bridgehead atoms. The third-order valence-corrected chi connectivity index (χ3v) is 4.10. The Morgan fingerprint density at radius 1 is 1.00 bits per heavy atom. The summed E-state index contributed by atoms with van der Waals surface area (Å²) < 4.78 is 10.2. The minimum atomic E-state index is -0.543. The molecule has 7 heteroatoms. The predicted molar refractivity (Wildman–Crippen MR) is 106 cm³/mol. The minimum Gasteiger partial charge on any atom is -0.483 e. The Labute approximate surface area is 164 Å². The number of carbonyl (C=O) groups excluding carboxylic acids is 3. The fourth-order valence-corrected chi connectivity index (χ4v) is 2.63. The van der Waals surface area contributed by atoms with Gasteiger partial charge in [0.15, 0.2) is 6.61 Å². The number of rotatable bonds is 8. The van der Waals surface area contributed by atoms with Crippen molar-refractivity contribution in [1.82, 2.24) is 4.90 Å². The zero-order chi connectivity index (χ0) is 20.5. The van der Waals surface area contributed by atoms with Crippen LogP contribution in [0.25, 0.3) is 0 Å². The van der Waals surface area contributed by atoms with E-state index in [-0.39, 0.29) is 23.8 Å².